The third kappa shape index (κ3) is 3.90. The van der Waals surface area contributed by atoms with Crippen LogP contribution < -0.4 is 0 Å². The maximum Gasteiger partial charge on any atom is 0.407 e. The smallest absolute Gasteiger partial charge is 0.407 e. The Morgan fingerprint density at radius 3 is 2.47 bits per heavy atom. The average Bonchev–Trinajstić information content (AvgIpc) is 2.26. The molecule has 0 bridgehead atoms. The van der Waals surface area contributed by atoms with Crippen LogP contribution in [0.2, 0.25) is 0 Å². The van der Waals surface area contributed by atoms with E-state index >= 15 is 0 Å². The molecule has 1 rings (SSSR count). The fourth-order valence-corrected chi connectivity index (χ4v) is 2.08. The Balaban J connectivity index is 2.18. The number of rotatable bonds is 4. The normalized spacial score (nSPS) is 25.9. The van der Waals surface area contributed by atoms with Crippen LogP contribution in [0.15, 0.2) is 0 Å². The monoisotopic (exact) mass is 213 g/mol. The topological polar surface area (TPSA) is 57.6 Å². The molecule has 0 radical (unpaired) electrons. The van der Waals surface area contributed by atoms with Crippen LogP contribution in [0.25, 0.3) is 0 Å². The molecule has 0 aliphatic heterocycles. The Hall–Kier alpha value is -1.06. The van der Waals surface area contributed by atoms with Gasteiger partial charge in [-0.1, -0.05) is 0 Å². The SMILES string of the molecule is CN(CCC1CCC(C=O)CC1)C(=O)O. The van der Waals surface area contributed by atoms with E-state index in [1.165, 1.54) is 4.90 Å². The number of carbonyl (C=O) groups is 2. The summed E-state index contributed by atoms with van der Waals surface area (Å²) in [5.41, 5.74) is 0. The second-order valence-electron chi connectivity index (χ2n) is 4.41. The molecule has 1 fully saturated rings. The van der Waals surface area contributed by atoms with Crippen LogP contribution in [0.4, 0.5) is 4.79 Å². The highest BCUT2D eigenvalue weighted by Crippen LogP contribution is 2.29. The largest absolute Gasteiger partial charge is 0.465 e. The molecule has 0 atom stereocenters. The van der Waals surface area contributed by atoms with Gasteiger partial charge in [0.2, 0.25) is 0 Å². The van der Waals surface area contributed by atoms with Crippen LogP contribution >= 0.6 is 0 Å². The van der Waals surface area contributed by atoms with E-state index in [1.54, 1.807) is 7.05 Å². The first kappa shape index (κ1) is 12.0. The van der Waals surface area contributed by atoms with Gasteiger partial charge in [0.1, 0.15) is 6.29 Å². The summed E-state index contributed by atoms with van der Waals surface area (Å²) in [5, 5.41) is 8.67. The lowest BCUT2D eigenvalue weighted by atomic mass is 9.81. The van der Waals surface area contributed by atoms with Crippen molar-refractivity contribution in [1.29, 1.82) is 0 Å². The van der Waals surface area contributed by atoms with Gasteiger partial charge < -0.3 is 14.8 Å². The van der Waals surface area contributed by atoms with Crippen molar-refractivity contribution in [2.75, 3.05) is 13.6 Å². The van der Waals surface area contributed by atoms with Crippen molar-refractivity contribution in [2.45, 2.75) is 32.1 Å². The molecule has 1 aliphatic carbocycles. The van der Waals surface area contributed by atoms with Gasteiger partial charge in [0.05, 0.1) is 0 Å². The van der Waals surface area contributed by atoms with Gasteiger partial charge in [0.25, 0.3) is 0 Å². The summed E-state index contributed by atoms with van der Waals surface area (Å²) in [7, 11) is 1.60. The van der Waals surface area contributed by atoms with Crippen molar-refractivity contribution >= 4 is 12.4 Å². The molecular formula is C11H19NO3. The summed E-state index contributed by atoms with van der Waals surface area (Å²) >= 11 is 0. The molecule has 0 saturated heterocycles. The Morgan fingerprint density at radius 1 is 1.40 bits per heavy atom. The quantitative estimate of drug-likeness (QED) is 0.726. The number of hydrogen-bond donors (Lipinski definition) is 1. The minimum atomic E-state index is -0.864. The van der Waals surface area contributed by atoms with Gasteiger partial charge in [-0.05, 0) is 38.0 Å². The van der Waals surface area contributed by atoms with Crippen LogP contribution in [0.1, 0.15) is 32.1 Å². The lowest BCUT2D eigenvalue weighted by Crippen LogP contribution is -2.28. The van der Waals surface area contributed by atoms with Gasteiger partial charge in [-0.25, -0.2) is 4.79 Å². The minimum absolute atomic E-state index is 0.249. The first-order chi connectivity index (χ1) is 7.13. The van der Waals surface area contributed by atoms with Gasteiger partial charge in [0, 0.05) is 19.5 Å². The molecule has 1 saturated carbocycles. The summed E-state index contributed by atoms with van der Waals surface area (Å²) in [5.74, 6) is 0.849. The van der Waals surface area contributed by atoms with E-state index in [4.69, 9.17) is 5.11 Å². The molecule has 86 valence electrons. The third-order valence-corrected chi connectivity index (χ3v) is 3.28. The number of amides is 1. The Morgan fingerprint density at radius 2 is 2.00 bits per heavy atom. The molecule has 0 spiro atoms. The van der Waals surface area contributed by atoms with E-state index in [2.05, 4.69) is 0 Å². The van der Waals surface area contributed by atoms with Crippen LogP contribution in [-0.4, -0.2) is 36.0 Å². The predicted octanol–water partition coefficient (Wildman–Crippen LogP) is 1.99. The summed E-state index contributed by atoms with van der Waals surface area (Å²) in [6.45, 7) is 0.603. The average molecular weight is 213 g/mol. The fourth-order valence-electron chi connectivity index (χ4n) is 2.08. The lowest BCUT2D eigenvalue weighted by molar-refractivity contribution is -0.112. The summed E-state index contributed by atoms with van der Waals surface area (Å²) < 4.78 is 0. The summed E-state index contributed by atoms with van der Waals surface area (Å²) in [6.07, 6.45) is 5.20. The lowest BCUT2D eigenvalue weighted by Gasteiger charge is -2.26. The molecule has 0 unspecified atom stereocenters. The third-order valence-electron chi connectivity index (χ3n) is 3.28. The molecule has 15 heavy (non-hydrogen) atoms. The number of nitrogens with zero attached hydrogens (tertiary/aromatic N) is 1. The van der Waals surface area contributed by atoms with Gasteiger partial charge in [-0.15, -0.1) is 0 Å². The highest BCUT2D eigenvalue weighted by Gasteiger charge is 2.21. The van der Waals surface area contributed by atoms with Crippen molar-refractivity contribution < 1.29 is 14.7 Å². The van der Waals surface area contributed by atoms with E-state index in [0.29, 0.717) is 12.5 Å². The Labute approximate surface area is 90.3 Å². The second-order valence-corrected chi connectivity index (χ2v) is 4.41. The molecule has 1 N–H and O–H groups in total. The maximum atomic E-state index is 10.5. The Bertz CT molecular complexity index is 222. The standard InChI is InChI=1S/C11H19NO3/c1-12(11(14)15)7-6-9-2-4-10(8-13)5-3-9/h8-10H,2-7H2,1H3,(H,14,15). The van der Waals surface area contributed by atoms with Crippen LogP contribution in [0, 0.1) is 11.8 Å². The maximum absolute atomic E-state index is 10.5. The number of carbonyl (C=O) groups excluding carboxylic acids is 1. The van der Waals surface area contributed by atoms with E-state index < -0.39 is 6.09 Å². The van der Waals surface area contributed by atoms with Gasteiger partial charge in [-0.3, -0.25) is 0 Å². The van der Waals surface area contributed by atoms with Crippen molar-refractivity contribution in [3.05, 3.63) is 0 Å². The highest BCUT2D eigenvalue weighted by molar-refractivity contribution is 5.64. The molecule has 0 aromatic heterocycles. The summed E-state index contributed by atoms with van der Waals surface area (Å²) in [6, 6.07) is 0. The molecule has 4 nitrogen and oxygen atoms in total. The molecule has 1 amide bonds. The van der Waals surface area contributed by atoms with Gasteiger partial charge >= 0.3 is 6.09 Å². The zero-order valence-corrected chi connectivity index (χ0v) is 9.19. The summed E-state index contributed by atoms with van der Waals surface area (Å²) in [4.78, 5) is 22.4. The first-order valence-corrected chi connectivity index (χ1v) is 5.53. The van der Waals surface area contributed by atoms with E-state index in [0.717, 1.165) is 38.4 Å². The van der Waals surface area contributed by atoms with Crippen molar-refractivity contribution in [3.8, 4) is 0 Å². The zero-order chi connectivity index (χ0) is 11.3. The number of hydrogen-bond acceptors (Lipinski definition) is 2. The molecule has 4 heteroatoms. The van der Waals surface area contributed by atoms with Crippen LogP contribution in [0.5, 0.6) is 0 Å². The Kier molecular flexibility index (Phi) is 4.59. The molecule has 0 aromatic rings. The minimum Gasteiger partial charge on any atom is -0.465 e. The van der Waals surface area contributed by atoms with Gasteiger partial charge in [-0.2, -0.15) is 0 Å². The number of aldehydes is 1. The predicted molar refractivity (Wildman–Crippen MR) is 56.8 cm³/mol. The fraction of sp³-hybridized carbons (Fsp3) is 0.818. The highest BCUT2D eigenvalue weighted by atomic mass is 16.4. The van der Waals surface area contributed by atoms with Crippen molar-refractivity contribution in [2.24, 2.45) is 11.8 Å². The van der Waals surface area contributed by atoms with Crippen LogP contribution in [-0.2, 0) is 4.79 Å². The molecule has 0 aromatic carbocycles. The van der Waals surface area contributed by atoms with Gasteiger partial charge in [0.15, 0.2) is 0 Å². The molecule has 1 aliphatic rings. The molecule has 0 heterocycles. The van der Waals surface area contributed by atoms with E-state index in [9.17, 15) is 9.59 Å². The second kappa shape index (κ2) is 5.73. The number of carboxylic acid groups (broad SMARTS) is 1. The van der Waals surface area contributed by atoms with E-state index in [1.807, 2.05) is 0 Å². The molecular weight excluding hydrogens is 194 g/mol. The van der Waals surface area contributed by atoms with Crippen molar-refractivity contribution in [3.63, 3.8) is 0 Å². The zero-order valence-electron chi connectivity index (χ0n) is 9.19. The van der Waals surface area contributed by atoms with Crippen LogP contribution in [0.3, 0.4) is 0 Å². The van der Waals surface area contributed by atoms with Crippen molar-refractivity contribution in [1.82, 2.24) is 4.90 Å². The van der Waals surface area contributed by atoms with E-state index in [-0.39, 0.29) is 5.92 Å². The first-order valence-electron chi connectivity index (χ1n) is 5.53.